The number of rotatable bonds is 7. The summed E-state index contributed by atoms with van der Waals surface area (Å²) in [5.41, 5.74) is 1.09. The second-order valence-electron chi connectivity index (χ2n) is 5.74. The number of nitrogens with zero attached hydrogens (tertiary/aromatic N) is 3. The molecule has 0 radical (unpaired) electrons. The molecule has 1 heterocycles. The first-order valence-electron chi connectivity index (χ1n) is 7.54. The zero-order valence-corrected chi connectivity index (χ0v) is 13.0. The van der Waals surface area contributed by atoms with Gasteiger partial charge in [0, 0.05) is 31.6 Å². The first kappa shape index (κ1) is 15.0. The van der Waals surface area contributed by atoms with Gasteiger partial charge in [-0.25, -0.2) is 9.97 Å². The van der Waals surface area contributed by atoms with Crippen molar-refractivity contribution < 1.29 is 5.11 Å². The number of aliphatic hydroxyl groups excluding tert-OH is 1. The fourth-order valence-electron chi connectivity index (χ4n) is 2.24. The lowest BCUT2D eigenvalue weighted by molar-refractivity contribution is 0.187. The van der Waals surface area contributed by atoms with Gasteiger partial charge in [-0.05, 0) is 40.0 Å². The molecular weight excluding hydrogens is 252 g/mol. The second-order valence-corrected chi connectivity index (χ2v) is 5.74. The Balaban J connectivity index is 2.24. The summed E-state index contributed by atoms with van der Waals surface area (Å²) in [5.74, 6) is 3.43. The van der Waals surface area contributed by atoms with E-state index in [0.29, 0.717) is 5.92 Å². The summed E-state index contributed by atoms with van der Waals surface area (Å²) in [4.78, 5) is 11.5. The quantitative estimate of drug-likeness (QED) is 0.801. The van der Waals surface area contributed by atoms with Gasteiger partial charge in [-0.15, -0.1) is 0 Å². The number of aliphatic hydroxyl groups is 1. The highest BCUT2D eigenvalue weighted by Gasteiger charge is 2.28. The molecule has 1 aliphatic carbocycles. The maximum absolute atomic E-state index is 9.44. The molecule has 1 aromatic rings. The summed E-state index contributed by atoms with van der Waals surface area (Å²) in [6.45, 7) is 7.61. The fraction of sp³-hybridized carbons (Fsp3) is 0.733. The molecule has 1 fully saturated rings. The van der Waals surface area contributed by atoms with Gasteiger partial charge >= 0.3 is 0 Å². The number of nitrogens with one attached hydrogen (secondary N) is 1. The average molecular weight is 278 g/mol. The van der Waals surface area contributed by atoms with Crippen LogP contribution in [0.25, 0.3) is 0 Å². The summed E-state index contributed by atoms with van der Waals surface area (Å²) >= 11 is 0. The molecular formula is C15H26N4O. The molecule has 1 saturated carbocycles. The zero-order valence-electron chi connectivity index (χ0n) is 13.0. The maximum atomic E-state index is 9.44. The van der Waals surface area contributed by atoms with Crippen molar-refractivity contribution in [3.63, 3.8) is 0 Å². The minimum absolute atomic E-state index is 0.282. The van der Waals surface area contributed by atoms with Crippen LogP contribution < -0.4 is 10.2 Å². The minimum atomic E-state index is -0.282. The van der Waals surface area contributed by atoms with E-state index in [0.717, 1.165) is 42.5 Å². The fourth-order valence-corrected chi connectivity index (χ4v) is 2.24. The van der Waals surface area contributed by atoms with E-state index in [9.17, 15) is 5.11 Å². The van der Waals surface area contributed by atoms with Gasteiger partial charge in [0.25, 0.3) is 0 Å². The molecule has 0 aliphatic heterocycles. The molecule has 2 rings (SSSR count). The van der Waals surface area contributed by atoms with Crippen LogP contribution in [0.1, 0.15) is 50.4 Å². The van der Waals surface area contributed by atoms with E-state index in [-0.39, 0.29) is 6.10 Å². The third-order valence-electron chi connectivity index (χ3n) is 3.67. The van der Waals surface area contributed by atoms with E-state index in [1.54, 1.807) is 0 Å². The molecule has 0 aromatic carbocycles. The maximum Gasteiger partial charge on any atom is 0.137 e. The molecule has 112 valence electrons. The van der Waals surface area contributed by atoms with E-state index in [2.05, 4.69) is 29.0 Å². The minimum Gasteiger partial charge on any atom is -0.393 e. The third kappa shape index (κ3) is 3.60. The van der Waals surface area contributed by atoms with E-state index < -0.39 is 0 Å². The van der Waals surface area contributed by atoms with Gasteiger partial charge < -0.3 is 15.3 Å². The Kier molecular flexibility index (Phi) is 4.81. The highest BCUT2D eigenvalue weighted by molar-refractivity contribution is 5.58. The van der Waals surface area contributed by atoms with E-state index in [4.69, 9.17) is 4.98 Å². The van der Waals surface area contributed by atoms with Gasteiger partial charge in [-0.3, -0.25) is 0 Å². The number of hydrogen-bond donors (Lipinski definition) is 2. The normalized spacial score (nSPS) is 16.1. The number of anilines is 2. The van der Waals surface area contributed by atoms with Crippen molar-refractivity contribution in [2.45, 2.75) is 52.1 Å². The van der Waals surface area contributed by atoms with Crippen molar-refractivity contribution in [1.82, 2.24) is 9.97 Å². The molecule has 20 heavy (non-hydrogen) atoms. The molecule has 1 atom stereocenters. The molecule has 2 N–H and O–H groups in total. The van der Waals surface area contributed by atoms with Crippen molar-refractivity contribution in [2.24, 2.45) is 0 Å². The Morgan fingerprint density at radius 1 is 1.40 bits per heavy atom. The summed E-state index contributed by atoms with van der Waals surface area (Å²) in [7, 11) is 2.03. The van der Waals surface area contributed by atoms with Crippen LogP contribution in [0.15, 0.2) is 0 Å². The van der Waals surface area contributed by atoms with Gasteiger partial charge in [0.1, 0.15) is 17.5 Å². The van der Waals surface area contributed by atoms with Gasteiger partial charge in [-0.2, -0.15) is 0 Å². The summed E-state index contributed by atoms with van der Waals surface area (Å²) in [6.07, 6.45) is 2.86. The molecule has 5 heteroatoms. The first-order chi connectivity index (χ1) is 9.52. The van der Waals surface area contributed by atoms with Crippen LogP contribution in [0, 0.1) is 6.92 Å². The molecule has 0 spiro atoms. The van der Waals surface area contributed by atoms with Crippen LogP contribution in [0.5, 0.6) is 0 Å². The molecule has 0 saturated heterocycles. The van der Waals surface area contributed by atoms with Crippen molar-refractivity contribution in [3.8, 4) is 0 Å². The molecule has 0 bridgehead atoms. The van der Waals surface area contributed by atoms with Gasteiger partial charge in [-0.1, -0.05) is 0 Å². The van der Waals surface area contributed by atoms with Crippen LogP contribution in [-0.4, -0.2) is 41.3 Å². The Labute approximate surface area is 121 Å². The van der Waals surface area contributed by atoms with E-state index in [1.807, 2.05) is 14.0 Å². The Bertz CT molecular complexity index is 457. The summed E-state index contributed by atoms with van der Waals surface area (Å²) < 4.78 is 0. The average Bonchev–Trinajstić information content (AvgIpc) is 3.23. The molecule has 1 unspecified atom stereocenters. The Morgan fingerprint density at radius 3 is 2.65 bits per heavy atom. The summed E-state index contributed by atoms with van der Waals surface area (Å²) in [5, 5.41) is 12.8. The summed E-state index contributed by atoms with van der Waals surface area (Å²) in [6, 6.07) is 0. The number of hydrogen-bond acceptors (Lipinski definition) is 5. The van der Waals surface area contributed by atoms with E-state index in [1.165, 1.54) is 12.8 Å². The number of aromatic nitrogens is 2. The lowest BCUT2D eigenvalue weighted by atomic mass is 10.2. The molecule has 0 amide bonds. The van der Waals surface area contributed by atoms with Crippen molar-refractivity contribution in [2.75, 3.05) is 30.4 Å². The Hall–Kier alpha value is -1.36. The first-order valence-corrected chi connectivity index (χ1v) is 7.54. The van der Waals surface area contributed by atoms with Gasteiger partial charge in [0.05, 0.1) is 6.10 Å². The highest BCUT2D eigenvalue weighted by Crippen LogP contribution is 2.39. The predicted molar refractivity (Wildman–Crippen MR) is 82.5 cm³/mol. The molecule has 1 aliphatic rings. The third-order valence-corrected chi connectivity index (χ3v) is 3.67. The SMILES string of the molecule is CCNc1nc(C2CC2)nc(N(C)CCC(C)O)c1C. The highest BCUT2D eigenvalue weighted by atomic mass is 16.3. The Morgan fingerprint density at radius 2 is 2.10 bits per heavy atom. The van der Waals surface area contributed by atoms with Crippen molar-refractivity contribution >= 4 is 11.6 Å². The second kappa shape index (κ2) is 6.39. The van der Waals surface area contributed by atoms with Crippen LogP contribution in [0.4, 0.5) is 11.6 Å². The lowest BCUT2D eigenvalue weighted by Gasteiger charge is -2.23. The van der Waals surface area contributed by atoms with Gasteiger partial charge in [0.2, 0.25) is 0 Å². The largest absolute Gasteiger partial charge is 0.393 e. The van der Waals surface area contributed by atoms with Crippen LogP contribution in [0.3, 0.4) is 0 Å². The van der Waals surface area contributed by atoms with Crippen LogP contribution in [-0.2, 0) is 0 Å². The monoisotopic (exact) mass is 278 g/mol. The van der Waals surface area contributed by atoms with Crippen molar-refractivity contribution in [1.29, 1.82) is 0 Å². The van der Waals surface area contributed by atoms with Crippen molar-refractivity contribution in [3.05, 3.63) is 11.4 Å². The molecule has 5 nitrogen and oxygen atoms in total. The smallest absolute Gasteiger partial charge is 0.137 e. The molecule has 1 aromatic heterocycles. The topological polar surface area (TPSA) is 61.3 Å². The standard InChI is InChI=1S/C15H26N4O/c1-5-16-13-11(3)15(19(4)9-8-10(2)20)18-14(17-13)12-6-7-12/h10,12,20H,5-9H2,1-4H3,(H,16,17,18). The predicted octanol–water partition coefficient (Wildman–Crippen LogP) is 2.30. The zero-order chi connectivity index (χ0) is 14.7. The van der Waals surface area contributed by atoms with Gasteiger partial charge in [0.15, 0.2) is 0 Å². The van der Waals surface area contributed by atoms with E-state index >= 15 is 0 Å². The van der Waals surface area contributed by atoms with Crippen LogP contribution >= 0.6 is 0 Å². The lowest BCUT2D eigenvalue weighted by Crippen LogP contribution is -2.25. The van der Waals surface area contributed by atoms with Crippen LogP contribution in [0.2, 0.25) is 0 Å².